The zero-order valence-electron chi connectivity index (χ0n) is 9.77. The van der Waals surface area contributed by atoms with Crippen molar-refractivity contribution in [1.82, 2.24) is 0 Å². The summed E-state index contributed by atoms with van der Waals surface area (Å²) >= 11 is 0. The lowest BCUT2D eigenvalue weighted by molar-refractivity contribution is -0.0483. The van der Waals surface area contributed by atoms with Crippen LogP contribution in [0.15, 0.2) is 20.0 Å². The van der Waals surface area contributed by atoms with Crippen molar-refractivity contribution in [2.75, 3.05) is 13.2 Å². The molecule has 0 amide bonds. The summed E-state index contributed by atoms with van der Waals surface area (Å²) in [5, 5.41) is 18.5. The van der Waals surface area contributed by atoms with Crippen LogP contribution in [0, 0.1) is 17.8 Å². The fourth-order valence-electron chi connectivity index (χ4n) is 2.77. The van der Waals surface area contributed by atoms with E-state index in [0.717, 1.165) is 0 Å². The molecule has 1 unspecified atom stereocenters. The van der Waals surface area contributed by atoms with E-state index in [1.807, 2.05) is 0 Å². The third-order valence-electron chi connectivity index (χ3n) is 3.95. The first kappa shape index (κ1) is 11.6. The summed E-state index contributed by atoms with van der Waals surface area (Å²) in [5.74, 6) is -0.643. The van der Waals surface area contributed by atoms with Crippen LogP contribution in [0.1, 0.15) is 6.42 Å². The molecule has 1 fully saturated rings. The number of fused-ring (bicyclic) bond motifs is 1. The molecule has 0 aromatic rings. The minimum absolute atomic E-state index is 0.0145. The maximum absolute atomic E-state index is 9.37. The first-order chi connectivity index (χ1) is 8.68. The Morgan fingerprint density at radius 2 is 2.22 bits per heavy atom. The van der Waals surface area contributed by atoms with Gasteiger partial charge >= 0.3 is 0 Å². The molecule has 2 heterocycles. The SMILES string of the molecule is NC1([C@@H]2C[C@H](CO)[C@H]2CO)N=CC2=NC=NC2=N1. The number of hydrogen-bond donors (Lipinski definition) is 3. The molecule has 3 rings (SSSR count). The highest BCUT2D eigenvalue weighted by atomic mass is 16.3. The third-order valence-corrected chi connectivity index (χ3v) is 3.95. The largest absolute Gasteiger partial charge is 0.396 e. The quantitative estimate of drug-likeness (QED) is 0.583. The maximum Gasteiger partial charge on any atom is 0.207 e. The van der Waals surface area contributed by atoms with Gasteiger partial charge in [-0.1, -0.05) is 0 Å². The van der Waals surface area contributed by atoms with E-state index in [1.54, 1.807) is 6.21 Å². The summed E-state index contributed by atoms with van der Waals surface area (Å²) < 4.78 is 0. The molecule has 4 N–H and O–H groups in total. The van der Waals surface area contributed by atoms with Crippen LogP contribution in [0.25, 0.3) is 0 Å². The topological polar surface area (TPSA) is 116 Å². The molecule has 18 heavy (non-hydrogen) atoms. The van der Waals surface area contributed by atoms with Crippen molar-refractivity contribution < 1.29 is 10.2 Å². The number of amidine groups is 1. The van der Waals surface area contributed by atoms with Crippen molar-refractivity contribution in [1.29, 1.82) is 0 Å². The second-order valence-electron chi connectivity index (χ2n) is 4.87. The van der Waals surface area contributed by atoms with Gasteiger partial charge in [0.05, 0.1) is 6.21 Å². The molecular weight excluding hydrogens is 234 g/mol. The number of aliphatic hydroxyl groups is 2. The Morgan fingerprint density at radius 3 is 2.94 bits per heavy atom. The lowest BCUT2D eigenvalue weighted by Gasteiger charge is -2.48. The minimum atomic E-state index is -1.09. The highest BCUT2D eigenvalue weighted by Crippen LogP contribution is 2.46. The molecule has 4 atom stereocenters. The summed E-state index contributed by atoms with van der Waals surface area (Å²) in [6.07, 6.45) is 3.71. The zero-order chi connectivity index (χ0) is 12.8. The van der Waals surface area contributed by atoms with Crippen molar-refractivity contribution in [3.63, 3.8) is 0 Å². The van der Waals surface area contributed by atoms with Gasteiger partial charge in [-0.15, -0.1) is 0 Å². The average Bonchev–Trinajstić information content (AvgIpc) is 2.75. The van der Waals surface area contributed by atoms with Gasteiger partial charge in [-0.2, -0.15) is 0 Å². The monoisotopic (exact) mass is 249 g/mol. The van der Waals surface area contributed by atoms with Crippen LogP contribution < -0.4 is 5.73 Å². The molecule has 0 saturated heterocycles. The number of nitrogens with two attached hydrogens (primary N) is 1. The second kappa shape index (κ2) is 4.04. The molecular formula is C11H15N5O2. The fraction of sp³-hybridized carbons (Fsp3) is 0.636. The predicted molar refractivity (Wildman–Crippen MR) is 68.0 cm³/mol. The van der Waals surface area contributed by atoms with Crippen LogP contribution in [0.3, 0.4) is 0 Å². The number of nitrogens with zero attached hydrogens (tertiary/aromatic N) is 4. The van der Waals surface area contributed by atoms with Gasteiger partial charge in [0.2, 0.25) is 5.79 Å². The van der Waals surface area contributed by atoms with Crippen LogP contribution in [-0.2, 0) is 0 Å². The van der Waals surface area contributed by atoms with Gasteiger partial charge in [-0.05, 0) is 18.3 Å². The van der Waals surface area contributed by atoms with Gasteiger partial charge < -0.3 is 10.2 Å². The van der Waals surface area contributed by atoms with E-state index >= 15 is 0 Å². The van der Waals surface area contributed by atoms with Crippen LogP contribution in [0.2, 0.25) is 0 Å². The molecule has 1 aliphatic carbocycles. The molecule has 3 aliphatic rings. The highest BCUT2D eigenvalue weighted by molar-refractivity contribution is 6.65. The highest BCUT2D eigenvalue weighted by Gasteiger charge is 2.51. The summed E-state index contributed by atoms with van der Waals surface area (Å²) in [5.41, 5.74) is 6.82. The van der Waals surface area contributed by atoms with Crippen LogP contribution in [0.5, 0.6) is 0 Å². The maximum atomic E-state index is 9.37. The van der Waals surface area contributed by atoms with E-state index in [1.165, 1.54) is 6.34 Å². The fourth-order valence-corrected chi connectivity index (χ4v) is 2.77. The van der Waals surface area contributed by atoms with Gasteiger partial charge in [0.25, 0.3) is 0 Å². The molecule has 0 aromatic heterocycles. The molecule has 1 saturated carbocycles. The van der Waals surface area contributed by atoms with Gasteiger partial charge in [-0.25, -0.2) is 20.0 Å². The summed E-state index contributed by atoms with van der Waals surface area (Å²) in [4.78, 5) is 16.6. The lowest BCUT2D eigenvalue weighted by atomic mass is 9.62. The summed E-state index contributed by atoms with van der Waals surface area (Å²) in [6, 6.07) is 0. The number of rotatable bonds is 3. The van der Waals surface area contributed by atoms with Crippen LogP contribution in [-0.4, -0.2) is 53.3 Å². The summed E-state index contributed by atoms with van der Waals surface area (Å²) in [6.45, 7) is 0.0440. The molecule has 0 bridgehead atoms. The zero-order valence-corrected chi connectivity index (χ0v) is 9.77. The van der Waals surface area contributed by atoms with Gasteiger partial charge in [-0.3, -0.25) is 5.73 Å². The van der Waals surface area contributed by atoms with Crippen LogP contribution >= 0.6 is 0 Å². The molecule has 0 aromatic carbocycles. The second-order valence-corrected chi connectivity index (χ2v) is 4.87. The van der Waals surface area contributed by atoms with Crippen molar-refractivity contribution in [2.24, 2.45) is 43.5 Å². The van der Waals surface area contributed by atoms with Crippen molar-refractivity contribution in [3.8, 4) is 0 Å². The minimum Gasteiger partial charge on any atom is -0.396 e. The Bertz CT molecular complexity index is 484. The lowest BCUT2D eigenvalue weighted by Crippen LogP contribution is -2.58. The van der Waals surface area contributed by atoms with Crippen molar-refractivity contribution in [2.45, 2.75) is 12.2 Å². The van der Waals surface area contributed by atoms with Crippen LogP contribution in [0.4, 0.5) is 0 Å². The van der Waals surface area contributed by atoms with E-state index in [-0.39, 0.29) is 31.0 Å². The average molecular weight is 249 g/mol. The van der Waals surface area contributed by atoms with E-state index in [9.17, 15) is 5.11 Å². The normalized spacial score (nSPS) is 41.2. The Labute approximate surface area is 104 Å². The third kappa shape index (κ3) is 1.55. The molecule has 0 radical (unpaired) electrons. The first-order valence-electron chi connectivity index (χ1n) is 5.94. The smallest absolute Gasteiger partial charge is 0.207 e. The van der Waals surface area contributed by atoms with E-state index < -0.39 is 5.79 Å². The molecule has 7 heteroatoms. The Hall–Kier alpha value is -1.44. The Balaban J connectivity index is 1.85. The van der Waals surface area contributed by atoms with E-state index in [2.05, 4.69) is 20.0 Å². The Morgan fingerprint density at radius 1 is 1.39 bits per heavy atom. The number of aliphatic imine (C=N–C) groups is 4. The van der Waals surface area contributed by atoms with Gasteiger partial charge in [0.1, 0.15) is 12.1 Å². The van der Waals surface area contributed by atoms with Gasteiger partial charge in [0, 0.05) is 19.1 Å². The molecule has 96 valence electrons. The van der Waals surface area contributed by atoms with Crippen molar-refractivity contribution in [3.05, 3.63) is 0 Å². The Kier molecular flexibility index (Phi) is 2.61. The number of hydrogen-bond acceptors (Lipinski definition) is 7. The number of aliphatic hydroxyl groups excluding tert-OH is 2. The molecule has 7 nitrogen and oxygen atoms in total. The van der Waals surface area contributed by atoms with E-state index in [0.29, 0.717) is 18.0 Å². The predicted octanol–water partition coefficient (Wildman–Crippen LogP) is -1.20. The molecule has 2 aliphatic heterocycles. The first-order valence-corrected chi connectivity index (χ1v) is 5.94. The molecule has 0 spiro atoms. The summed E-state index contributed by atoms with van der Waals surface area (Å²) in [7, 11) is 0. The van der Waals surface area contributed by atoms with Crippen molar-refractivity contribution >= 4 is 24.1 Å². The van der Waals surface area contributed by atoms with E-state index in [4.69, 9.17) is 10.8 Å². The standard InChI is InChI=1S/C11H15N5O2/c12-11(8-1-6(3-17)7(8)4-18)15-2-9-10(16-11)14-5-13-9/h2,5-8,17-18H,1,3-4,12H2/t6-,7-,8-,11?/m1/s1. The van der Waals surface area contributed by atoms with Gasteiger partial charge in [0.15, 0.2) is 5.84 Å².